The lowest BCUT2D eigenvalue weighted by Crippen LogP contribution is -2.63. The number of allylic oxidation sites excluding steroid dienone is 1. The number of ether oxygens (including phenoxy) is 1. The summed E-state index contributed by atoms with van der Waals surface area (Å²) in [6.45, 7) is 9.15. The first-order chi connectivity index (χ1) is 18.8. The fourth-order valence-corrected chi connectivity index (χ4v) is 7.08. The summed E-state index contributed by atoms with van der Waals surface area (Å²) in [6, 6.07) is -0.117. The fourth-order valence-electron chi connectivity index (χ4n) is 5.99. The number of quaternary nitrogens is 1. The van der Waals surface area contributed by atoms with Crippen LogP contribution in [0.25, 0.3) is 0 Å². The van der Waals surface area contributed by atoms with Crippen LogP contribution in [0.5, 0.6) is 0 Å². The number of carbonyl (C=O) groups is 2. The molecule has 0 aliphatic carbocycles. The molecule has 0 radical (unpaired) electrons. The third-order valence-electron chi connectivity index (χ3n) is 8.51. The van der Waals surface area contributed by atoms with Crippen LogP contribution in [-0.2, 0) is 14.4 Å². The number of hydrogen-bond acceptors (Lipinski definition) is 6. The van der Waals surface area contributed by atoms with Crippen LogP contribution in [0.15, 0.2) is 22.5 Å². The van der Waals surface area contributed by atoms with Crippen LogP contribution in [0.4, 0.5) is 4.79 Å². The van der Waals surface area contributed by atoms with Crippen molar-refractivity contribution < 1.29 is 23.8 Å². The molecular weight excluding hydrogens is 510 g/mol. The van der Waals surface area contributed by atoms with Crippen molar-refractivity contribution in [1.29, 1.82) is 0 Å². The largest absolute Gasteiger partial charge is 0.465 e. The van der Waals surface area contributed by atoms with Crippen molar-refractivity contribution in [1.82, 2.24) is 5.32 Å². The van der Waals surface area contributed by atoms with E-state index in [1.165, 1.54) is 84.2 Å². The Balaban J connectivity index is 1.76. The highest BCUT2D eigenvalue weighted by atomic mass is 32.2. The number of amides is 1. The van der Waals surface area contributed by atoms with Crippen LogP contribution in [0.2, 0.25) is 0 Å². The second-order valence-electron chi connectivity index (χ2n) is 11.2. The van der Waals surface area contributed by atoms with Crippen LogP contribution < -0.4 is 11.1 Å². The van der Waals surface area contributed by atoms with Gasteiger partial charge in [0.1, 0.15) is 12.1 Å². The van der Waals surface area contributed by atoms with Gasteiger partial charge in [-0.25, -0.2) is 14.4 Å². The Labute approximate surface area is 242 Å². The molecule has 0 aromatic carbocycles. The minimum absolute atomic E-state index is 0.0425. The van der Waals surface area contributed by atoms with Crippen molar-refractivity contribution in [2.24, 2.45) is 5.73 Å². The molecule has 3 unspecified atom stereocenters. The zero-order chi connectivity index (χ0) is 28.7. The number of methoxy groups -OCH3 is 1. The molecule has 1 saturated heterocycles. The molecule has 0 spiro atoms. The number of unbranched alkanes of at least 4 members (excludes halogenated alkanes) is 13. The van der Waals surface area contributed by atoms with E-state index in [2.05, 4.69) is 12.2 Å². The SMILES string of the molecule is CCCCCCCCCCCCCCCCNC(=O)O[N+]1(CC)C(C)=C(C(=O)OC)C(N)=C(C)C1C1CCS1. The van der Waals surface area contributed by atoms with Gasteiger partial charge < -0.3 is 15.8 Å². The zero-order valence-electron chi connectivity index (χ0n) is 25.4. The maximum atomic E-state index is 13.0. The van der Waals surface area contributed by atoms with E-state index in [1.807, 2.05) is 32.5 Å². The number of nitrogens with two attached hydrogens (primary N) is 1. The Morgan fingerprint density at radius 2 is 1.44 bits per heavy atom. The first-order valence-corrected chi connectivity index (χ1v) is 16.6. The Morgan fingerprint density at radius 3 is 1.87 bits per heavy atom. The smallest absolute Gasteiger partial charge is 0.462 e. The summed E-state index contributed by atoms with van der Waals surface area (Å²) in [6.07, 6.45) is 18.8. The van der Waals surface area contributed by atoms with Crippen LogP contribution in [0.1, 0.15) is 124 Å². The van der Waals surface area contributed by atoms with Gasteiger partial charge in [0, 0.05) is 19.0 Å². The Kier molecular flexibility index (Phi) is 15.4. The van der Waals surface area contributed by atoms with E-state index in [0.29, 0.717) is 30.1 Å². The van der Waals surface area contributed by atoms with E-state index in [0.717, 1.165) is 30.6 Å². The molecule has 2 aliphatic heterocycles. The number of hydrogen-bond donors (Lipinski definition) is 2. The van der Waals surface area contributed by atoms with Crippen LogP contribution in [-0.4, -0.2) is 54.0 Å². The zero-order valence-corrected chi connectivity index (χ0v) is 26.3. The summed E-state index contributed by atoms with van der Waals surface area (Å²) >= 11 is 1.86. The van der Waals surface area contributed by atoms with Crippen LogP contribution in [0.3, 0.4) is 0 Å². The van der Waals surface area contributed by atoms with Gasteiger partial charge in [-0.1, -0.05) is 95.0 Å². The van der Waals surface area contributed by atoms with Gasteiger partial charge in [-0.3, -0.25) is 0 Å². The number of rotatable bonds is 19. The van der Waals surface area contributed by atoms with E-state index < -0.39 is 12.1 Å². The van der Waals surface area contributed by atoms with Gasteiger partial charge in [0.25, 0.3) is 0 Å². The maximum Gasteiger partial charge on any atom is 0.462 e. The van der Waals surface area contributed by atoms with E-state index >= 15 is 0 Å². The molecule has 2 heterocycles. The highest BCUT2D eigenvalue weighted by molar-refractivity contribution is 8.01. The lowest BCUT2D eigenvalue weighted by atomic mass is 9.89. The molecule has 224 valence electrons. The molecule has 7 nitrogen and oxygen atoms in total. The number of carbonyl (C=O) groups excluding carboxylic acids is 2. The number of nitrogens with one attached hydrogen (secondary N) is 1. The molecule has 2 rings (SSSR count). The van der Waals surface area contributed by atoms with Crippen molar-refractivity contribution in [2.75, 3.05) is 26.0 Å². The van der Waals surface area contributed by atoms with Crippen LogP contribution >= 0.6 is 11.8 Å². The molecule has 0 aromatic rings. The molecule has 3 N–H and O–H groups in total. The quantitative estimate of drug-likeness (QED) is 0.0955. The molecule has 39 heavy (non-hydrogen) atoms. The second-order valence-corrected chi connectivity index (χ2v) is 12.6. The minimum Gasteiger partial charge on any atom is -0.465 e. The molecule has 1 amide bonds. The van der Waals surface area contributed by atoms with E-state index in [-0.39, 0.29) is 15.9 Å². The minimum atomic E-state index is -0.494. The summed E-state index contributed by atoms with van der Waals surface area (Å²) in [5, 5.41) is 3.25. The summed E-state index contributed by atoms with van der Waals surface area (Å²) in [4.78, 5) is 31.9. The summed E-state index contributed by atoms with van der Waals surface area (Å²) in [5.74, 6) is 0.585. The summed E-state index contributed by atoms with van der Waals surface area (Å²) in [7, 11) is 1.35. The standard InChI is InChI=1S/C31H55N3O4S/c1-6-8-9-10-11-12-13-14-15-16-17-18-19-20-22-33-31(36)38-34(7-2)25(4)27(30(35)37-5)28(32)24(3)29(34)26-21-23-39-26/h26,29H,6-23,32H2,1-5H3/p+1. The van der Waals surface area contributed by atoms with Crippen molar-refractivity contribution >= 4 is 23.8 Å². The summed E-state index contributed by atoms with van der Waals surface area (Å²) < 4.78 is 4.99. The normalized spacial score (nSPS) is 23.0. The molecule has 2 aliphatic rings. The monoisotopic (exact) mass is 566 g/mol. The fraction of sp³-hybridized carbons (Fsp3) is 0.806. The van der Waals surface area contributed by atoms with Gasteiger partial charge in [0.15, 0.2) is 11.7 Å². The molecule has 3 atom stereocenters. The molecule has 1 fully saturated rings. The van der Waals surface area contributed by atoms with Crippen molar-refractivity contribution in [2.45, 2.75) is 135 Å². The second kappa shape index (κ2) is 17.9. The van der Waals surface area contributed by atoms with Gasteiger partial charge in [-0.2, -0.15) is 11.8 Å². The first kappa shape index (κ1) is 33.5. The number of esters is 1. The van der Waals surface area contributed by atoms with E-state index in [9.17, 15) is 9.59 Å². The van der Waals surface area contributed by atoms with E-state index in [4.69, 9.17) is 15.3 Å². The average molecular weight is 567 g/mol. The highest BCUT2D eigenvalue weighted by Gasteiger charge is 2.55. The van der Waals surface area contributed by atoms with Gasteiger partial charge in [0.2, 0.25) is 0 Å². The maximum absolute atomic E-state index is 13.0. The third-order valence-corrected chi connectivity index (χ3v) is 9.90. The van der Waals surface area contributed by atoms with Crippen molar-refractivity contribution in [3.63, 3.8) is 0 Å². The number of nitrogens with zero attached hydrogens (tertiary/aromatic N) is 1. The number of thioether (sulfide) groups is 1. The van der Waals surface area contributed by atoms with Crippen molar-refractivity contribution in [3.05, 3.63) is 22.5 Å². The lowest BCUT2D eigenvalue weighted by molar-refractivity contribution is -1.07. The molecule has 0 aromatic heterocycles. The predicted octanol–water partition coefficient (Wildman–Crippen LogP) is 7.51. The predicted molar refractivity (Wildman–Crippen MR) is 162 cm³/mol. The van der Waals surface area contributed by atoms with Crippen molar-refractivity contribution in [3.8, 4) is 0 Å². The average Bonchev–Trinajstić information content (AvgIpc) is 2.90. The van der Waals surface area contributed by atoms with Gasteiger partial charge in [0.05, 0.1) is 18.1 Å². The molecular formula is C31H56N3O4S+. The van der Waals surface area contributed by atoms with Gasteiger partial charge in [-0.05, 0) is 32.4 Å². The van der Waals surface area contributed by atoms with Gasteiger partial charge >= 0.3 is 12.1 Å². The molecule has 8 heteroatoms. The molecule has 0 bridgehead atoms. The topological polar surface area (TPSA) is 90.6 Å². The molecule has 0 saturated carbocycles. The Morgan fingerprint density at radius 1 is 0.923 bits per heavy atom. The number of likely N-dealkylation sites (N-methyl/N-ethyl adjacent to an activating group) is 1. The van der Waals surface area contributed by atoms with E-state index in [1.54, 1.807) is 0 Å². The first-order valence-electron chi connectivity index (χ1n) is 15.6. The third kappa shape index (κ3) is 9.44. The lowest BCUT2D eigenvalue weighted by Gasteiger charge is -2.48. The van der Waals surface area contributed by atoms with Gasteiger partial charge in [-0.15, -0.1) is 0 Å². The Bertz CT molecular complexity index is 840. The van der Waals surface area contributed by atoms with Crippen LogP contribution in [0, 0.1) is 0 Å². The Hall–Kier alpha value is -1.67. The summed E-state index contributed by atoms with van der Waals surface area (Å²) in [5.41, 5.74) is 8.74. The highest BCUT2D eigenvalue weighted by Crippen LogP contribution is 2.46. The number of hydroxylamine groups is 3.